The molecular formula is C21H15N5O5. The van der Waals surface area contributed by atoms with Crippen LogP contribution >= 0.6 is 0 Å². The number of nitrogens with one attached hydrogen (secondary N) is 2. The van der Waals surface area contributed by atoms with Gasteiger partial charge in [0, 0.05) is 11.6 Å². The molecular weight excluding hydrogens is 402 g/mol. The number of hydrogen-bond donors (Lipinski definition) is 4. The number of amides is 2. The van der Waals surface area contributed by atoms with Gasteiger partial charge in [0.05, 0.1) is 35.0 Å². The standard InChI is InChI=1S/C21H15N5O5/c1-31-15-6-9(2-5-14(15)27)19-23-12-4-3-10(7-13(12)24-19)26-16(28)8-11-17(18(26)22)21(30)25-20(11)29/h2-8,27H,22H2,1H3,(H,23,24)(H,25,29,30). The lowest BCUT2D eigenvalue weighted by Gasteiger charge is -2.11. The minimum absolute atomic E-state index is 0.0126. The molecule has 31 heavy (non-hydrogen) atoms. The van der Waals surface area contributed by atoms with Crippen LogP contribution in [0.15, 0.2) is 47.3 Å². The molecule has 0 aliphatic carbocycles. The lowest BCUT2D eigenvalue weighted by atomic mass is 10.1. The Balaban J connectivity index is 1.64. The molecule has 1 aliphatic rings. The van der Waals surface area contributed by atoms with Crippen LogP contribution < -0.4 is 21.3 Å². The first-order chi connectivity index (χ1) is 14.9. The van der Waals surface area contributed by atoms with E-state index in [1.165, 1.54) is 17.7 Å². The number of nitrogens with two attached hydrogens (primary N) is 1. The summed E-state index contributed by atoms with van der Waals surface area (Å²) in [5.74, 6) is -0.549. The first kappa shape index (κ1) is 18.4. The number of fused-ring (bicyclic) bond motifs is 2. The molecule has 10 heteroatoms. The van der Waals surface area contributed by atoms with Crippen LogP contribution in [-0.4, -0.2) is 38.6 Å². The molecule has 2 aromatic carbocycles. The van der Waals surface area contributed by atoms with Crippen LogP contribution in [0.2, 0.25) is 0 Å². The average molecular weight is 417 g/mol. The van der Waals surface area contributed by atoms with Crippen LogP contribution in [0.3, 0.4) is 0 Å². The highest BCUT2D eigenvalue weighted by molar-refractivity contribution is 6.23. The lowest BCUT2D eigenvalue weighted by Crippen LogP contribution is -2.24. The summed E-state index contributed by atoms with van der Waals surface area (Å²) in [5, 5.41) is 11.9. The molecule has 5 rings (SSSR count). The summed E-state index contributed by atoms with van der Waals surface area (Å²) in [6.45, 7) is 0. The fourth-order valence-electron chi connectivity index (χ4n) is 3.64. The normalized spacial score (nSPS) is 12.8. The Morgan fingerprint density at radius 1 is 1.06 bits per heavy atom. The van der Waals surface area contributed by atoms with Gasteiger partial charge in [-0.05, 0) is 36.4 Å². The highest BCUT2D eigenvalue weighted by atomic mass is 16.5. The summed E-state index contributed by atoms with van der Waals surface area (Å²) < 4.78 is 6.30. The zero-order valence-electron chi connectivity index (χ0n) is 16.1. The van der Waals surface area contributed by atoms with E-state index in [1.807, 2.05) is 0 Å². The molecule has 0 saturated carbocycles. The van der Waals surface area contributed by atoms with Gasteiger partial charge in [-0.2, -0.15) is 0 Å². The Kier molecular flexibility index (Phi) is 3.84. The molecule has 1 aliphatic heterocycles. The number of rotatable bonds is 3. The number of imidazole rings is 1. The van der Waals surface area contributed by atoms with Crippen LogP contribution in [0.4, 0.5) is 5.82 Å². The van der Waals surface area contributed by atoms with E-state index in [4.69, 9.17) is 10.5 Å². The number of pyridine rings is 1. The minimum Gasteiger partial charge on any atom is -0.504 e. The van der Waals surface area contributed by atoms with Crippen LogP contribution in [0, 0.1) is 0 Å². The average Bonchev–Trinajstić information content (AvgIpc) is 3.28. The number of ether oxygens (including phenoxy) is 1. The maximum absolute atomic E-state index is 12.6. The second-order valence-corrected chi connectivity index (χ2v) is 6.95. The van der Waals surface area contributed by atoms with Crippen molar-refractivity contribution in [2.24, 2.45) is 0 Å². The highest BCUT2D eigenvalue weighted by Gasteiger charge is 2.31. The summed E-state index contributed by atoms with van der Waals surface area (Å²) in [6, 6.07) is 10.9. The van der Waals surface area contributed by atoms with Gasteiger partial charge in [0.2, 0.25) is 0 Å². The zero-order valence-corrected chi connectivity index (χ0v) is 16.1. The number of hydrogen-bond acceptors (Lipinski definition) is 7. The van der Waals surface area contributed by atoms with Crippen LogP contribution in [0.25, 0.3) is 28.1 Å². The van der Waals surface area contributed by atoms with Gasteiger partial charge in [0.1, 0.15) is 11.6 Å². The number of methoxy groups -OCH3 is 1. The molecule has 0 saturated heterocycles. The van der Waals surface area contributed by atoms with Gasteiger partial charge in [-0.3, -0.25) is 24.3 Å². The molecule has 0 fully saturated rings. The molecule has 5 N–H and O–H groups in total. The number of aromatic nitrogens is 3. The van der Waals surface area contributed by atoms with E-state index in [2.05, 4.69) is 15.3 Å². The molecule has 3 heterocycles. The number of nitrogen functional groups attached to an aromatic ring is 1. The predicted octanol–water partition coefficient (Wildman–Crippen LogP) is 1.56. The van der Waals surface area contributed by atoms with E-state index in [0.717, 1.165) is 6.07 Å². The van der Waals surface area contributed by atoms with Crippen molar-refractivity contribution in [1.29, 1.82) is 0 Å². The van der Waals surface area contributed by atoms with Crippen molar-refractivity contribution in [3.63, 3.8) is 0 Å². The molecule has 154 valence electrons. The highest BCUT2D eigenvalue weighted by Crippen LogP contribution is 2.31. The van der Waals surface area contributed by atoms with Gasteiger partial charge in [0.25, 0.3) is 17.4 Å². The Labute approximate surface area is 173 Å². The monoisotopic (exact) mass is 417 g/mol. The second kappa shape index (κ2) is 6.46. The van der Waals surface area contributed by atoms with E-state index in [9.17, 15) is 19.5 Å². The number of aromatic amines is 1. The van der Waals surface area contributed by atoms with Crippen LogP contribution in [0.5, 0.6) is 11.5 Å². The smallest absolute Gasteiger partial charge is 0.262 e. The Hall–Kier alpha value is -4.60. The molecule has 0 bridgehead atoms. The third-order valence-electron chi connectivity index (χ3n) is 5.13. The fourth-order valence-corrected chi connectivity index (χ4v) is 3.64. The summed E-state index contributed by atoms with van der Waals surface area (Å²) in [5.41, 5.74) is 7.85. The zero-order chi connectivity index (χ0) is 21.9. The van der Waals surface area contributed by atoms with Crippen molar-refractivity contribution in [3.05, 3.63) is 63.9 Å². The van der Waals surface area contributed by atoms with Crippen LogP contribution in [-0.2, 0) is 0 Å². The third-order valence-corrected chi connectivity index (χ3v) is 5.13. The first-order valence-corrected chi connectivity index (χ1v) is 9.16. The van der Waals surface area contributed by atoms with Crippen molar-refractivity contribution in [2.75, 3.05) is 12.8 Å². The Bertz CT molecular complexity index is 1480. The molecule has 0 atom stereocenters. The quantitative estimate of drug-likeness (QED) is 0.369. The Morgan fingerprint density at radius 2 is 1.87 bits per heavy atom. The Morgan fingerprint density at radius 3 is 2.65 bits per heavy atom. The van der Waals surface area contributed by atoms with Crippen molar-refractivity contribution < 1.29 is 19.4 Å². The summed E-state index contributed by atoms with van der Waals surface area (Å²) in [6.07, 6.45) is 0. The number of nitrogens with zero attached hydrogens (tertiary/aromatic N) is 2. The van der Waals surface area contributed by atoms with Gasteiger partial charge in [-0.25, -0.2) is 4.98 Å². The summed E-state index contributed by atoms with van der Waals surface area (Å²) in [7, 11) is 1.45. The molecule has 2 amide bonds. The minimum atomic E-state index is -0.645. The van der Waals surface area contributed by atoms with Crippen LogP contribution in [0.1, 0.15) is 20.7 Å². The SMILES string of the molecule is COc1cc(-c2nc3ccc(-n4c(N)c5c(cc4=O)C(=O)NC5=O)cc3[nH]2)ccc1O. The van der Waals surface area contributed by atoms with E-state index < -0.39 is 17.4 Å². The van der Waals surface area contributed by atoms with Gasteiger partial charge in [0.15, 0.2) is 11.5 Å². The number of imide groups is 1. The van der Waals surface area contributed by atoms with E-state index >= 15 is 0 Å². The van der Waals surface area contributed by atoms with Gasteiger partial charge in [-0.15, -0.1) is 0 Å². The number of benzene rings is 2. The number of aromatic hydroxyl groups is 1. The van der Waals surface area contributed by atoms with Gasteiger partial charge >= 0.3 is 0 Å². The summed E-state index contributed by atoms with van der Waals surface area (Å²) in [4.78, 5) is 44.2. The van der Waals surface area contributed by atoms with E-state index in [0.29, 0.717) is 33.9 Å². The number of carbonyl (C=O) groups is 2. The first-order valence-electron chi connectivity index (χ1n) is 9.16. The van der Waals surface area contributed by atoms with Gasteiger partial charge < -0.3 is 20.6 Å². The van der Waals surface area contributed by atoms with Crippen molar-refractivity contribution in [3.8, 4) is 28.6 Å². The second-order valence-electron chi connectivity index (χ2n) is 6.95. The number of carbonyl (C=O) groups excluding carboxylic acids is 2. The number of H-pyrrole nitrogens is 1. The summed E-state index contributed by atoms with van der Waals surface area (Å²) >= 11 is 0. The van der Waals surface area contributed by atoms with Gasteiger partial charge in [-0.1, -0.05) is 0 Å². The largest absolute Gasteiger partial charge is 0.504 e. The molecule has 2 aromatic heterocycles. The topological polar surface area (TPSA) is 152 Å². The molecule has 0 spiro atoms. The number of phenols is 1. The van der Waals surface area contributed by atoms with Crippen molar-refractivity contribution >= 4 is 28.7 Å². The predicted molar refractivity (Wildman–Crippen MR) is 112 cm³/mol. The third kappa shape index (κ3) is 2.73. The van der Waals surface area contributed by atoms with Crippen molar-refractivity contribution in [1.82, 2.24) is 19.9 Å². The van der Waals surface area contributed by atoms with E-state index in [1.54, 1.807) is 30.3 Å². The lowest BCUT2D eigenvalue weighted by molar-refractivity contribution is 0.0880. The van der Waals surface area contributed by atoms with E-state index in [-0.39, 0.29) is 22.7 Å². The molecule has 10 nitrogen and oxygen atoms in total. The number of anilines is 1. The maximum Gasteiger partial charge on any atom is 0.262 e. The maximum atomic E-state index is 12.6. The number of phenolic OH excluding ortho intramolecular Hbond substituents is 1. The molecule has 4 aromatic rings. The molecule has 0 radical (unpaired) electrons. The van der Waals surface area contributed by atoms with Crippen molar-refractivity contribution in [2.45, 2.75) is 0 Å². The molecule has 0 unspecified atom stereocenters. The fraction of sp³-hybridized carbons (Fsp3) is 0.0476.